The third-order valence-electron chi connectivity index (χ3n) is 4.33. The summed E-state index contributed by atoms with van der Waals surface area (Å²) in [4.78, 5) is 0. The third kappa shape index (κ3) is 1.03. The molecule has 1 aliphatic heterocycles. The average molecular weight is 198 g/mol. The van der Waals surface area contributed by atoms with E-state index in [1.165, 1.54) is 0 Å². The Kier molecular flexibility index (Phi) is 1.92. The molecule has 1 saturated heterocycles. The van der Waals surface area contributed by atoms with Gasteiger partial charge in [-0.05, 0) is 24.7 Å². The van der Waals surface area contributed by atoms with E-state index in [9.17, 15) is 5.11 Å². The van der Waals surface area contributed by atoms with Crippen molar-refractivity contribution in [1.29, 1.82) is 0 Å². The van der Waals surface area contributed by atoms with Crippen LogP contribution in [0.25, 0.3) is 0 Å². The van der Waals surface area contributed by atoms with Crippen LogP contribution >= 0.6 is 0 Å². The molecule has 3 aliphatic rings. The van der Waals surface area contributed by atoms with Gasteiger partial charge in [0.1, 0.15) is 0 Å². The van der Waals surface area contributed by atoms with Crippen molar-refractivity contribution in [3.8, 4) is 0 Å². The number of hydrogen-bond donors (Lipinski definition) is 1. The van der Waals surface area contributed by atoms with Gasteiger partial charge in [0.2, 0.25) is 0 Å². The average Bonchev–Trinajstić information content (AvgIpc) is 2.82. The molecular formula is C11H18O3. The Labute approximate surface area is 84.4 Å². The van der Waals surface area contributed by atoms with Gasteiger partial charge in [0.25, 0.3) is 0 Å². The van der Waals surface area contributed by atoms with E-state index in [4.69, 9.17) is 9.47 Å². The summed E-state index contributed by atoms with van der Waals surface area (Å²) in [5, 5.41) is 10.0. The van der Waals surface area contributed by atoms with Crippen LogP contribution in [-0.2, 0) is 9.47 Å². The van der Waals surface area contributed by atoms with Gasteiger partial charge in [-0.25, -0.2) is 0 Å². The minimum absolute atomic E-state index is 0.132. The second-order valence-corrected chi connectivity index (χ2v) is 5.02. The topological polar surface area (TPSA) is 38.7 Å². The van der Waals surface area contributed by atoms with Crippen LogP contribution in [0.1, 0.15) is 26.2 Å². The Hall–Kier alpha value is -0.120. The van der Waals surface area contributed by atoms with Crippen LogP contribution in [0.4, 0.5) is 0 Å². The van der Waals surface area contributed by atoms with Crippen molar-refractivity contribution in [1.82, 2.24) is 0 Å². The zero-order chi connectivity index (χ0) is 9.76. The molecule has 0 amide bonds. The molecule has 0 aromatic heterocycles. The van der Waals surface area contributed by atoms with Gasteiger partial charge < -0.3 is 14.6 Å². The van der Waals surface area contributed by atoms with Crippen LogP contribution in [0.2, 0.25) is 0 Å². The Morgan fingerprint density at radius 3 is 2.71 bits per heavy atom. The van der Waals surface area contributed by atoms with Crippen LogP contribution in [-0.4, -0.2) is 30.2 Å². The Bertz CT molecular complexity index is 235. The Balaban J connectivity index is 1.86. The molecule has 1 heterocycles. The molecule has 3 rings (SSSR count). The van der Waals surface area contributed by atoms with Crippen molar-refractivity contribution in [3.05, 3.63) is 0 Å². The van der Waals surface area contributed by atoms with E-state index in [-0.39, 0.29) is 11.9 Å². The van der Waals surface area contributed by atoms with Gasteiger partial charge in [-0.1, -0.05) is 6.92 Å². The molecule has 4 atom stereocenters. The molecule has 80 valence electrons. The van der Waals surface area contributed by atoms with Gasteiger partial charge in [-0.3, -0.25) is 0 Å². The Morgan fingerprint density at radius 1 is 1.29 bits per heavy atom. The summed E-state index contributed by atoms with van der Waals surface area (Å²) in [5.74, 6) is 0.962. The number of rotatable bonds is 0. The zero-order valence-corrected chi connectivity index (χ0v) is 8.61. The standard InChI is InChI=1S/C11H18O3/c1-7-6-9-8(10(7)12)2-3-11(9)13-4-5-14-11/h7-10,12H,2-6H2,1H3. The molecule has 14 heavy (non-hydrogen) atoms. The summed E-state index contributed by atoms with van der Waals surface area (Å²) >= 11 is 0. The fourth-order valence-corrected chi connectivity index (χ4v) is 3.63. The highest BCUT2D eigenvalue weighted by Gasteiger charge is 2.58. The first kappa shape index (κ1) is 9.13. The molecule has 0 aromatic rings. The van der Waals surface area contributed by atoms with Crippen molar-refractivity contribution in [2.24, 2.45) is 17.8 Å². The smallest absolute Gasteiger partial charge is 0.171 e. The highest BCUT2D eigenvalue weighted by molar-refractivity contribution is 5.02. The molecule has 0 bridgehead atoms. The van der Waals surface area contributed by atoms with E-state index in [1.807, 2.05) is 0 Å². The van der Waals surface area contributed by atoms with E-state index >= 15 is 0 Å². The zero-order valence-electron chi connectivity index (χ0n) is 8.61. The summed E-state index contributed by atoms with van der Waals surface area (Å²) in [6.07, 6.45) is 2.97. The van der Waals surface area contributed by atoms with Crippen LogP contribution in [0.5, 0.6) is 0 Å². The molecule has 3 fully saturated rings. The molecular weight excluding hydrogens is 180 g/mol. The van der Waals surface area contributed by atoms with Crippen molar-refractivity contribution in [2.45, 2.75) is 38.1 Å². The molecule has 1 N–H and O–H groups in total. The lowest BCUT2D eigenvalue weighted by Gasteiger charge is -2.28. The van der Waals surface area contributed by atoms with Crippen molar-refractivity contribution in [2.75, 3.05) is 13.2 Å². The first-order chi connectivity index (χ1) is 6.73. The number of hydrogen-bond acceptors (Lipinski definition) is 3. The summed E-state index contributed by atoms with van der Waals surface area (Å²) < 4.78 is 11.6. The van der Waals surface area contributed by atoms with Gasteiger partial charge in [-0.15, -0.1) is 0 Å². The van der Waals surface area contributed by atoms with Gasteiger partial charge >= 0.3 is 0 Å². The highest BCUT2D eigenvalue weighted by atomic mass is 16.7. The van der Waals surface area contributed by atoms with Crippen LogP contribution in [0.15, 0.2) is 0 Å². The van der Waals surface area contributed by atoms with Gasteiger partial charge in [0.15, 0.2) is 5.79 Å². The summed E-state index contributed by atoms with van der Waals surface area (Å²) in [7, 11) is 0. The first-order valence-electron chi connectivity index (χ1n) is 5.69. The molecule has 3 nitrogen and oxygen atoms in total. The summed E-state index contributed by atoms with van der Waals surface area (Å²) in [5.41, 5.74) is 0. The predicted octanol–water partition coefficient (Wildman–Crippen LogP) is 1.16. The second-order valence-electron chi connectivity index (χ2n) is 5.02. The highest BCUT2D eigenvalue weighted by Crippen LogP contribution is 2.55. The number of fused-ring (bicyclic) bond motifs is 2. The molecule has 4 unspecified atom stereocenters. The maximum absolute atomic E-state index is 10.0. The number of aliphatic hydroxyl groups is 1. The molecule has 2 saturated carbocycles. The quantitative estimate of drug-likeness (QED) is 0.634. The minimum atomic E-state index is -0.309. The summed E-state index contributed by atoms with van der Waals surface area (Å²) in [6, 6.07) is 0. The van der Waals surface area contributed by atoms with Crippen LogP contribution < -0.4 is 0 Å². The maximum atomic E-state index is 10.0. The largest absolute Gasteiger partial charge is 0.393 e. The number of ether oxygens (including phenoxy) is 2. The van der Waals surface area contributed by atoms with Crippen molar-refractivity contribution in [3.63, 3.8) is 0 Å². The normalized spacial score (nSPS) is 50.1. The summed E-state index contributed by atoms with van der Waals surface area (Å²) in [6.45, 7) is 3.59. The second kappa shape index (κ2) is 2.94. The molecule has 3 heteroatoms. The van der Waals surface area contributed by atoms with Gasteiger partial charge in [-0.2, -0.15) is 0 Å². The Morgan fingerprint density at radius 2 is 2.00 bits per heavy atom. The first-order valence-corrected chi connectivity index (χ1v) is 5.69. The lowest BCUT2D eigenvalue weighted by Crippen LogP contribution is -2.35. The molecule has 0 radical (unpaired) electrons. The molecule has 0 aromatic carbocycles. The third-order valence-corrected chi connectivity index (χ3v) is 4.33. The minimum Gasteiger partial charge on any atom is -0.393 e. The lowest BCUT2D eigenvalue weighted by atomic mass is 9.96. The van der Waals surface area contributed by atoms with Gasteiger partial charge in [0, 0.05) is 12.3 Å². The van der Waals surface area contributed by atoms with Crippen molar-refractivity contribution < 1.29 is 14.6 Å². The van der Waals surface area contributed by atoms with Crippen LogP contribution in [0, 0.1) is 17.8 Å². The van der Waals surface area contributed by atoms with E-state index in [0.717, 1.165) is 32.5 Å². The molecule has 1 spiro atoms. The van der Waals surface area contributed by atoms with Crippen molar-refractivity contribution >= 4 is 0 Å². The van der Waals surface area contributed by atoms with E-state index < -0.39 is 0 Å². The lowest BCUT2D eigenvalue weighted by molar-refractivity contribution is -0.184. The predicted molar refractivity (Wildman–Crippen MR) is 50.6 cm³/mol. The maximum Gasteiger partial charge on any atom is 0.171 e. The van der Waals surface area contributed by atoms with Gasteiger partial charge in [0.05, 0.1) is 19.3 Å². The fraction of sp³-hybridized carbons (Fsp3) is 1.00. The SMILES string of the molecule is CC1CC2C(CCC23OCCO3)C1O. The number of aliphatic hydroxyl groups excluding tert-OH is 1. The van der Waals surface area contributed by atoms with E-state index in [0.29, 0.717) is 17.8 Å². The van der Waals surface area contributed by atoms with E-state index in [1.54, 1.807) is 0 Å². The fourth-order valence-electron chi connectivity index (χ4n) is 3.63. The monoisotopic (exact) mass is 198 g/mol. The van der Waals surface area contributed by atoms with E-state index in [2.05, 4.69) is 6.92 Å². The van der Waals surface area contributed by atoms with Crippen LogP contribution in [0.3, 0.4) is 0 Å². The molecule has 2 aliphatic carbocycles.